The van der Waals surface area contributed by atoms with Gasteiger partial charge in [0.1, 0.15) is 5.69 Å². The highest BCUT2D eigenvalue weighted by Crippen LogP contribution is 2.29. The van der Waals surface area contributed by atoms with Crippen molar-refractivity contribution in [3.63, 3.8) is 0 Å². The zero-order valence-electron chi connectivity index (χ0n) is 16.1. The number of nitrogens with zero attached hydrogens (tertiary/aromatic N) is 4. The van der Waals surface area contributed by atoms with Gasteiger partial charge in [0.25, 0.3) is 5.91 Å². The summed E-state index contributed by atoms with van der Waals surface area (Å²) in [4.78, 5) is 31.4. The monoisotopic (exact) mass is 417 g/mol. The lowest BCUT2D eigenvalue weighted by atomic mass is 10.1. The summed E-state index contributed by atoms with van der Waals surface area (Å²) in [7, 11) is 0. The number of aromatic nitrogens is 3. The van der Waals surface area contributed by atoms with Crippen molar-refractivity contribution < 1.29 is 9.59 Å². The average molecular weight is 417 g/mol. The van der Waals surface area contributed by atoms with Crippen molar-refractivity contribution in [2.24, 2.45) is 0 Å². The second-order valence-corrected chi connectivity index (χ2v) is 7.96. The summed E-state index contributed by atoms with van der Waals surface area (Å²) in [5.74, 6) is -0.226. The van der Waals surface area contributed by atoms with Crippen LogP contribution in [-0.4, -0.2) is 33.1 Å². The van der Waals surface area contributed by atoms with Gasteiger partial charge in [-0.2, -0.15) is 5.10 Å². The predicted octanol–water partition coefficient (Wildman–Crippen LogP) is 4.25. The zero-order valence-corrected chi connectivity index (χ0v) is 16.9. The molecule has 0 aliphatic carbocycles. The largest absolute Gasteiger partial charge is 0.319 e. The minimum Gasteiger partial charge on any atom is -0.319 e. The maximum absolute atomic E-state index is 12.8. The maximum atomic E-state index is 12.8. The van der Waals surface area contributed by atoms with Crippen molar-refractivity contribution in [2.45, 2.75) is 19.3 Å². The summed E-state index contributed by atoms with van der Waals surface area (Å²) in [6.07, 6.45) is 4.30. The molecule has 0 spiro atoms. The quantitative estimate of drug-likeness (QED) is 0.538. The van der Waals surface area contributed by atoms with Crippen molar-refractivity contribution >= 4 is 45.4 Å². The van der Waals surface area contributed by atoms with Gasteiger partial charge in [0.15, 0.2) is 0 Å². The van der Waals surface area contributed by atoms with E-state index in [2.05, 4.69) is 15.4 Å². The summed E-state index contributed by atoms with van der Waals surface area (Å²) in [6, 6.07) is 15.2. The Morgan fingerprint density at radius 2 is 1.90 bits per heavy atom. The Hall–Kier alpha value is -3.52. The summed E-state index contributed by atoms with van der Waals surface area (Å²) < 4.78 is 1.69. The molecule has 0 radical (unpaired) electrons. The van der Waals surface area contributed by atoms with Crippen LogP contribution >= 0.6 is 11.3 Å². The maximum Gasteiger partial charge on any atom is 0.275 e. The molecule has 0 atom stereocenters. The molecule has 1 saturated heterocycles. The normalized spacial score (nSPS) is 14.3. The third-order valence-corrected chi connectivity index (χ3v) is 5.93. The number of hydrogen-bond donors (Lipinski definition) is 1. The van der Waals surface area contributed by atoms with E-state index in [0.717, 1.165) is 29.4 Å². The number of benzene rings is 2. The Kier molecular flexibility index (Phi) is 4.76. The van der Waals surface area contributed by atoms with Crippen molar-refractivity contribution in [1.29, 1.82) is 0 Å². The van der Waals surface area contributed by atoms with Crippen LogP contribution in [0.2, 0.25) is 0 Å². The van der Waals surface area contributed by atoms with Gasteiger partial charge in [-0.15, -0.1) is 11.3 Å². The van der Waals surface area contributed by atoms with Gasteiger partial charge in [0.2, 0.25) is 11.0 Å². The Morgan fingerprint density at radius 1 is 1.07 bits per heavy atom. The number of fused-ring (bicyclic) bond motifs is 1. The van der Waals surface area contributed by atoms with Crippen molar-refractivity contribution in [1.82, 2.24) is 14.8 Å². The highest BCUT2D eigenvalue weighted by molar-refractivity contribution is 7.12. The van der Waals surface area contributed by atoms with E-state index in [9.17, 15) is 9.59 Å². The van der Waals surface area contributed by atoms with E-state index >= 15 is 0 Å². The van der Waals surface area contributed by atoms with Crippen LogP contribution in [0.5, 0.6) is 0 Å². The van der Waals surface area contributed by atoms with Crippen LogP contribution in [0.1, 0.15) is 29.8 Å². The SMILES string of the molecule is O=C(Nc1ccccc1N1CCCCC1=O)c1csc(-n2cc3ccccc3n2)n1. The number of para-hydroxylation sites is 2. The van der Waals surface area contributed by atoms with Crippen LogP contribution in [0.4, 0.5) is 11.4 Å². The molecule has 150 valence electrons. The molecule has 1 fully saturated rings. The van der Waals surface area contributed by atoms with Gasteiger partial charge in [0.05, 0.1) is 16.9 Å². The van der Waals surface area contributed by atoms with Crippen LogP contribution < -0.4 is 10.2 Å². The summed E-state index contributed by atoms with van der Waals surface area (Å²) >= 11 is 1.35. The van der Waals surface area contributed by atoms with Gasteiger partial charge in [-0.3, -0.25) is 9.59 Å². The molecular formula is C22H19N5O2S. The van der Waals surface area contributed by atoms with Crippen LogP contribution in [0.15, 0.2) is 60.1 Å². The zero-order chi connectivity index (χ0) is 20.5. The van der Waals surface area contributed by atoms with Gasteiger partial charge in [-0.05, 0) is 31.0 Å². The number of piperidine rings is 1. The van der Waals surface area contributed by atoms with E-state index < -0.39 is 0 Å². The number of carbonyl (C=O) groups is 2. The third-order valence-electron chi connectivity index (χ3n) is 5.10. The lowest BCUT2D eigenvalue weighted by Crippen LogP contribution is -2.35. The number of nitrogens with one attached hydrogen (secondary N) is 1. The lowest BCUT2D eigenvalue weighted by Gasteiger charge is -2.28. The highest BCUT2D eigenvalue weighted by atomic mass is 32.1. The molecule has 30 heavy (non-hydrogen) atoms. The fourth-order valence-electron chi connectivity index (χ4n) is 3.60. The molecule has 0 saturated carbocycles. The van der Waals surface area contributed by atoms with E-state index in [1.54, 1.807) is 15.0 Å². The van der Waals surface area contributed by atoms with Crippen LogP contribution in [0, 0.1) is 0 Å². The highest BCUT2D eigenvalue weighted by Gasteiger charge is 2.23. The summed E-state index contributed by atoms with van der Waals surface area (Å²) in [5.41, 5.74) is 2.52. The smallest absolute Gasteiger partial charge is 0.275 e. The number of amides is 2. The first kappa shape index (κ1) is 18.5. The number of thiazole rings is 1. The number of carbonyl (C=O) groups excluding carboxylic acids is 2. The van der Waals surface area contributed by atoms with Crippen LogP contribution in [-0.2, 0) is 4.79 Å². The molecule has 7 nitrogen and oxygen atoms in total. The average Bonchev–Trinajstić information content (AvgIpc) is 3.42. The molecule has 3 heterocycles. The second-order valence-electron chi connectivity index (χ2n) is 7.12. The first-order valence-electron chi connectivity index (χ1n) is 9.80. The molecule has 8 heteroatoms. The molecule has 0 bridgehead atoms. The predicted molar refractivity (Wildman–Crippen MR) is 117 cm³/mol. The lowest BCUT2D eigenvalue weighted by molar-refractivity contribution is -0.119. The Morgan fingerprint density at radius 3 is 2.77 bits per heavy atom. The van der Waals surface area contributed by atoms with Gasteiger partial charge in [0, 0.05) is 29.9 Å². The van der Waals surface area contributed by atoms with Gasteiger partial charge >= 0.3 is 0 Å². The first-order valence-corrected chi connectivity index (χ1v) is 10.7. The molecule has 1 aliphatic rings. The van der Waals surface area contributed by atoms with E-state index in [1.165, 1.54) is 11.3 Å². The van der Waals surface area contributed by atoms with Crippen LogP contribution in [0.3, 0.4) is 0 Å². The number of rotatable bonds is 4. The fourth-order valence-corrected chi connectivity index (χ4v) is 4.33. The van der Waals surface area contributed by atoms with Gasteiger partial charge < -0.3 is 10.2 Å². The second kappa shape index (κ2) is 7.72. The first-order chi connectivity index (χ1) is 14.7. The van der Waals surface area contributed by atoms with E-state index in [4.69, 9.17) is 0 Å². The van der Waals surface area contributed by atoms with E-state index in [-0.39, 0.29) is 11.8 Å². The summed E-state index contributed by atoms with van der Waals surface area (Å²) in [6.45, 7) is 0.666. The molecule has 0 unspecified atom stereocenters. The van der Waals surface area contributed by atoms with E-state index in [1.807, 2.05) is 54.7 Å². The minimum atomic E-state index is -0.314. The molecule has 2 amide bonds. The van der Waals surface area contributed by atoms with Crippen LogP contribution in [0.25, 0.3) is 16.0 Å². The molecule has 1 N–H and O–H groups in total. The Labute approximate surface area is 177 Å². The standard InChI is InChI=1S/C22H19N5O2S/c28-20-11-5-6-12-26(20)19-10-4-3-9-17(19)23-21(29)18-14-30-22(24-18)27-13-15-7-1-2-8-16(15)25-27/h1-4,7-10,13-14H,5-6,11-12H2,(H,23,29). The molecule has 5 rings (SSSR count). The van der Waals surface area contributed by atoms with Crippen molar-refractivity contribution in [2.75, 3.05) is 16.8 Å². The molecular weight excluding hydrogens is 398 g/mol. The minimum absolute atomic E-state index is 0.0876. The molecule has 2 aromatic heterocycles. The Balaban J connectivity index is 1.38. The van der Waals surface area contributed by atoms with Gasteiger partial charge in [-0.25, -0.2) is 9.67 Å². The number of hydrogen-bond acceptors (Lipinski definition) is 5. The van der Waals surface area contributed by atoms with E-state index in [0.29, 0.717) is 29.5 Å². The topological polar surface area (TPSA) is 80.1 Å². The van der Waals surface area contributed by atoms with Crippen molar-refractivity contribution in [3.05, 3.63) is 65.8 Å². The van der Waals surface area contributed by atoms with Gasteiger partial charge in [-0.1, -0.05) is 30.3 Å². The summed E-state index contributed by atoms with van der Waals surface area (Å²) in [5, 5.41) is 10.8. The fraction of sp³-hybridized carbons (Fsp3) is 0.182. The Bertz CT molecular complexity index is 1210. The molecule has 4 aromatic rings. The third kappa shape index (κ3) is 3.46. The van der Waals surface area contributed by atoms with Crippen molar-refractivity contribution in [3.8, 4) is 5.13 Å². The number of anilines is 2. The molecule has 2 aromatic carbocycles. The molecule has 1 aliphatic heterocycles.